The lowest BCUT2D eigenvalue weighted by Crippen LogP contribution is -2.37. The van der Waals surface area contributed by atoms with Crippen LogP contribution in [0, 0.1) is 11.8 Å². The Balaban J connectivity index is 0.000000169. The number of nitrogens with zero attached hydrogens (tertiary/aromatic N) is 4. The van der Waals surface area contributed by atoms with Gasteiger partial charge in [0.1, 0.15) is 0 Å². The van der Waals surface area contributed by atoms with E-state index in [2.05, 4.69) is 87.9 Å². The zero-order valence-corrected chi connectivity index (χ0v) is 24.7. The molecule has 2 unspecified atom stereocenters. The van der Waals surface area contributed by atoms with Crippen LogP contribution in [0.5, 0.6) is 0 Å². The summed E-state index contributed by atoms with van der Waals surface area (Å²) in [4.78, 5) is 18.0. The van der Waals surface area contributed by atoms with Crippen LogP contribution in [-0.2, 0) is 11.3 Å². The highest BCUT2D eigenvalue weighted by atomic mass is 16.3. The summed E-state index contributed by atoms with van der Waals surface area (Å²) in [5.41, 5.74) is 3.92. The van der Waals surface area contributed by atoms with Gasteiger partial charge in [-0.25, -0.2) is 4.98 Å². The van der Waals surface area contributed by atoms with Crippen LogP contribution in [0.15, 0.2) is 60.9 Å². The van der Waals surface area contributed by atoms with Crippen molar-refractivity contribution in [3.05, 3.63) is 66.5 Å². The van der Waals surface area contributed by atoms with Gasteiger partial charge in [-0.05, 0) is 108 Å². The maximum absolute atomic E-state index is 8.36. The number of aromatic nitrogens is 2. The van der Waals surface area contributed by atoms with E-state index in [1.54, 1.807) is 5.56 Å². The molecule has 0 amide bonds. The molecule has 2 aromatic carbocycles. The second-order valence-corrected chi connectivity index (χ2v) is 12.1. The zero-order chi connectivity index (χ0) is 28.2. The van der Waals surface area contributed by atoms with Crippen LogP contribution in [0.1, 0.15) is 76.2 Å². The fourth-order valence-electron chi connectivity index (χ4n) is 6.93. The molecule has 218 valence electrons. The average molecular weight is 547 g/mol. The topological polar surface area (TPSA) is 61.6 Å². The van der Waals surface area contributed by atoms with Gasteiger partial charge in [-0.2, -0.15) is 0 Å². The van der Waals surface area contributed by atoms with Crippen LogP contribution in [0.4, 0.5) is 0 Å². The summed E-state index contributed by atoms with van der Waals surface area (Å²) in [5, 5.41) is 6.89. The van der Waals surface area contributed by atoms with Gasteiger partial charge in [0.05, 0.1) is 17.4 Å². The fraction of sp³-hybridized carbons (Fsp3) is 0.588. The number of carboxylic acid groups (broad SMARTS) is 1. The van der Waals surface area contributed by atoms with E-state index < -0.39 is 0 Å². The number of para-hydroxylation sites is 2. The van der Waals surface area contributed by atoms with Gasteiger partial charge in [-0.15, -0.1) is 0 Å². The van der Waals surface area contributed by atoms with Gasteiger partial charge in [0.25, 0.3) is 6.47 Å². The van der Waals surface area contributed by atoms with E-state index in [0.29, 0.717) is 0 Å². The molecule has 2 atom stereocenters. The molecule has 3 aliphatic rings. The monoisotopic (exact) mass is 546 g/mol. The summed E-state index contributed by atoms with van der Waals surface area (Å²) >= 11 is 0. The summed E-state index contributed by atoms with van der Waals surface area (Å²) in [6, 6.07) is 20.3. The highest BCUT2D eigenvalue weighted by molar-refractivity contribution is 5.74. The third kappa shape index (κ3) is 8.65. The first-order valence-electron chi connectivity index (χ1n) is 15.5. The van der Waals surface area contributed by atoms with E-state index in [1.165, 1.54) is 89.5 Å². The standard InChI is InChI=1S/C18H27N.C15H21N3.CH2O2/c1-15(16-8-4-2-5-9-16)19-13-12-18(14-19)17-10-6-3-7-11-17;1-17-9-6-13(7-10-17)8-11-18-12-16-14-4-2-3-5-15(14)18;2-1-3/h3,6-7,10-11,15-16,18H,2,4-5,8-9,12-14H2,1H3;2-5,12-13H,6-11H2,1H3;1H,(H,2,3). The minimum atomic E-state index is -0.250. The molecule has 1 N–H and O–H groups in total. The van der Waals surface area contributed by atoms with Crippen LogP contribution < -0.4 is 0 Å². The molecular formula is C34H50N4O2. The number of fused-ring (bicyclic) bond motifs is 1. The lowest BCUT2D eigenvalue weighted by atomic mass is 9.84. The normalized spacial score (nSPS) is 21.7. The van der Waals surface area contributed by atoms with Gasteiger partial charge in [0, 0.05) is 19.1 Å². The van der Waals surface area contributed by atoms with Crippen LogP contribution in [0.25, 0.3) is 11.0 Å². The molecule has 6 heteroatoms. The van der Waals surface area contributed by atoms with Crippen molar-refractivity contribution in [1.82, 2.24) is 19.4 Å². The molecule has 2 saturated heterocycles. The van der Waals surface area contributed by atoms with E-state index in [4.69, 9.17) is 9.90 Å². The van der Waals surface area contributed by atoms with Gasteiger partial charge >= 0.3 is 0 Å². The van der Waals surface area contributed by atoms with Crippen molar-refractivity contribution in [3.8, 4) is 0 Å². The van der Waals surface area contributed by atoms with Crippen LogP contribution in [0.3, 0.4) is 0 Å². The highest BCUT2D eigenvalue weighted by Crippen LogP contribution is 2.34. The lowest BCUT2D eigenvalue weighted by Gasteiger charge is -2.34. The summed E-state index contributed by atoms with van der Waals surface area (Å²) in [7, 11) is 2.22. The Morgan fingerprint density at radius 3 is 2.33 bits per heavy atom. The predicted molar refractivity (Wildman–Crippen MR) is 165 cm³/mol. The van der Waals surface area contributed by atoms with Gasteiger partial charge in [-0.1, -0.05) is 61.7 Å². The number of piperidine rings is 1. The number of rotatable bonds is 6. The summed E-state index contributed by atoms with van der Waals surface area (Å²) in [6.45, 7) is 8.43. The van der Waals surface area contributed by atoms with Gasteiger partial charge in [0.15, 0.2) is 0 Å². The number of benzene rings is 2. The number of hydrogen-bond acceptors (Lipinski definition) is 4. The SMILES string of the molecule is CC(C1CCCCC1)N1CCC(c2ccccc2)C1.CN1CCC(CCn2cnc3ccccc32)CC1.O=CO. The van der Waals surface area contributed by atoms with E-state index in [0.717, 1.165) is 35.9 Å². The fourth-order valence-corrected chi connectivity index (χ4v) is 6.93. The minimum absolute atomic E-state index is 0.250. The molecule has 1 saturated carbocycles. The molecule has 3 fully saturated rings. The highest BCUT2D eigenvalue weighted by Gasteiger charge is 2.31. The predicted octanol–water partition coefficient (Wildman–Crippen LogP) is 6.91. The van der Waals surface area contributed by atoms with E-state index in [9.17, 15) is 0 Å². The lowest BCUT2D eigenvalue weighted by molar-refractivity contribution is -0.122. The third-order valence-electron chi connectivity index (χ3n) is 9.54. The van der Waals surface area contributed by atoms with E-state index in [-0.39, 0.29) is 6.47 Å². The zero-order valence-electron chi connectivity index (χ0n) is 24.7. The molecule has 3 aromatic rings. The molecule has 0 spiro atoms. The minimum Gasteiger partial charge on any atom is -0.483 e. The first-order chi connectivity index (χ1) is 19.6. The van der Waals surface area contributed by atoms with Crippen molar-refractivity contribution < 1.29 is 9.90 Å². The molecule has 6 nitrogen and oxygen atoms in total. The van der Waals surface area contributed by atoms with Crippen molar-refractivity contribution in [2.24, 2.45) is 11.8 Å². The quantitative estimate of drug-likeness (QED) is 0.340. The van der Waals surface area contributed by atoms with Crippen LogP contribution in [0.2, 0.25) is 0 Å². The number of imidazole rings is 1. The van der Waals surface area contributed by atoms with Crippen molar-refractivity contribution >= 4 is 17.5 Å². The maximum atomic E-state index is 8.36. The van der Waals surface area contributed by atoms with Crippen molar-refractivity contribution in [2.75, 3.05) is 33.2 Å². The smallest absolute Gasteiger partial charge is 0.290 e. The van der Waals surface area contributed by atoms with Gasteiger partial charge in [-0.3, -0.25) is 9.69 Å². The summed E-state index contributed by atoms with van der Waals surface area (Å²) < 4.78 is 2.30. The van der Waals surface area contributed by atoms with E-state index in [1.807, 2.05) is 6.33 Å². The molecule has 0 bridgehead atoms. The van der Waals surface area contributed by atoms with Gasteiger partial charge in [0.2, 0.25) is 0 Å². The second-order valence-electron chi connectivity index (χ2n) is 12.1. The molecule has 40 heavy (non-hydrogen) atoms. The number of aryl methyl sites for hydroxylation is 1. The average Bonchev–Trinajstić information content (AvgIpc) is 3.66. The van der Waals surface area contributed by atoms with E-state index >= 15 is 0 Å². The molecule has 0 radical (unpaired) electrons. The summed E-state index contributed by atoms with van der Waals surface area (Å²) in [6.07, 6.45) is 14.6. The molecular weight excluding hydrogens is 496 g/mol. The first kappa shape index (κ1) is 30.3. The first-order valence-corrected chi connectivity index (χ1v) is 15.5. The molecule has 1 aromatic heterocycles. The number of hydrogen-bond donors (Lipinski definition) is 1. The maximum Gasteiger partial charge on any atom is 0.290 e. The third-order valence-corrected chi connectivity index (χ3v) is 9.54. The molecule has 6 rings (SSSR count). The van der Waals surface area contributed by atoms with Crippen LogP contribution in [-0.4, -0.2) is 70.2 Å². The Morgan fingerprint density at radius 1 is 0.925 bits per heavy atom. The summed E-state index contributed by atoms with van der Waals surface area (Å²) in [5.74, 6) is 2.62. The van der Waals surface area contributed by atoms with Crippen molar-refractivity contribution in [2.45, 2.75) is 83.2 Å². The van der Waals surface area contributed by atoms with Crippen LogP contribution >= 0.6 is 0 Å². The Hall–Kier alpha value is -2.70. The Bertz CT molecular complexity index is 1120. The molecule has 1 aliphatic carbocycles. The van der Waals surface area contributed by atoms with Crippen molar-refractivity contribution in [3.63, 3.8) is 0 Å². The largest absolute Gasteiger partial charge is 0.483 e. The molecule has 2 aliphatic heterocycles. The Kier molecular flexibility index (Phi) is 12.0. The number of carbonyl (C=O) groups is 1. The Labute approximate surface area is 241 Å². The van der Waals surface area contributed by atoms with Gasteiger partial charge < -0.3 is 14.6 Å². The van der Waals surface area contributed by atoms with Crippen molar-refractivity contribution in [1.29, 1.82) is 0 Å². The number of likely N-dealkylation sites (tertiary alicyclic amines) is 2. The Morgan fingerprint density at radius 2 is 1.60 bits per heavy atom. The second kappa shape index (κ2) is 15.9. The molecule has 3 heterocycles.